The third kappa shape index (κ3) is 6.43. The molecule has 1 rings (SSSR count). The lowest BCUT2D eigenvalue weighted by atomic mass is 10.1. The van der Waals surface area contributed by atoms with Gasteiger partial charge >= 0.3 is 5.97 Å². The fraction of sp³-hybridized carbons (Fsp3) is 0.609. The highest BCUT2D eigenvalue weighted by Gasteiger charge is 2.43. The molecule has 0 heterocycles. The van der Waals surface area contributed by atoms with E-state index in [0.29, 0.717) is 6.61 Å². The quantitative estimate of drug-likeness (QED) is 0.462. The van der Waals surface area contributed by atoms with E-state index in [2.05, 4.69) is 79.0 Å². The molecule has 1 aromatic rings. The zero-order valence-electron chi connectivity index (χ0n) is 19.3. The predicted molar refractivity (Wildman–Crippen MR) is 125 cm³/mol. The van der Waals surface area contributed by atoms with Gasteiger partial charge in [0.25, 0.3) is 0 Å². The van der Waals surface area contributed by atoms with Gasteiger partial charge in [0.2, 0.25) is 0 Å². The van der Waals surface area contributed by atoms with Crippen molar-refractivity contribution in [2.75, 3.05) is 6.23 Å². The molecule has 0 amide bonds. The molecule has 0 aliphatic heterocycles. The maximum absolute atomic E-state index is 11.9. The van der Waals surface area contributed by atoms with Crippen LogP contribution in [-0.4, -0.2) is 33.5 Å². The van der Waals surface area contributed by atoms with Gasteiger partial charge in [-0.15, -0.1) is 0 Å². The number of ether oxygens (including phenoxy) is 1. The maximum Gasteiger partial charge on any atom is 0.304 e. The highest BCUT2D eigenvalue weighted by molar-refractivity contribution is 6.87. The zero-order valence-corrected chi connectivity index (χ0v) is 21.3. The van der Waals surface area contributed by atoms with Gasteiger partial charge in [0.1, 0.15) is 8.07 Å². The summed E-state index contributed by atoms with van der Waals surface area (Å²) >= 11 is 0. The first-order valence-electron chi connectivity index (χ1n) is 10.2. The molecule has 0 saturated heterocycles. The first kappa shape index (κ1) is 24.9. The third-order valence-electron chi connectivity index (χ3n) is 6.27. The first-order valence-corrected chi connectivity index (χ1v) is 16.5. The summed E-state index contributed by atoms with van der Waals surface area (Å²) < 4.78 is 6.20. The summed E-state index contributed by atoms with van der Waals surface area (Å²) in [6, 6.07) is 10.3. The lowest BCUT2D eigenvalue weighted by Gasteiger charge is -2.41. The molecular formula is C23H40O3Si2. The highest BCUT2D eigenvalue weighted by Crippen LogP contribution is 2.42. The predicted octanol–water partition coefficient (Wildman–Crippen LogP) is 6.54. The molecule has 3 atom stereocenters. The van der Waals surface area contributed by atoms with E-state index in [0.717, 1.165) is 6.23 Å². The topological polar surface area (TPSA) is 46.5 Å². The second-order valence-electron chi connectivity index (χ2n) is 10.5. The van der Waals surface area contributed by atoms with Crippen LogP contribution in [0.25, 0.3) is 0 Å². The zero-order chi connectivity index (χ0) is 21.8. The number of rotatable bonds is 9. The van der Waals surface area contributed by atoms with Crippen LogP contribution in [-0.2, 0) is 16.1 Å². The minimum absolute atomic E-state index is 0.0347. The monoisotopic (exact) mass is 420 g/mol. The molecule has 0 bridgehead atoms. The average Bonchev–Trinajstić information content (AvgIpc) is 2.52. The Morgan fingerprint density at radius 1 is 1.14 bits per heavy atom. The van der Waals surface area contributed by atoms with Crippen LogP contribution >= 0.6 is 0 Å². The molecule has 158 valence electrons. The van der Waals surface area contributed by atoms with E-state index < -0.39 is 22.1 Å². The van der Waals surface area contributed by atoms with Crippen molar-refractivity contribution in [3.8, 4) is 0 Å². The largest absolute Gasteiger partial charge is 0.481 e. The van der Waals surface area contributed by atoms with Crippen molar-refractivity contribution in [2.24, 2.45) is 5.92 Å². The molecule has 0 aliphatic rings. The average molecular weight is 421 g/mol. The Bertz CT molecular complexity index is 671. The standard InChI is InChI=1S/C23H40O3Si2/c1-18(21(22(24)25)27(6,7)8)15-19(2)28(9,23(3,4)5)17-26-16-20-13-11-10-12-14-20/h10-15,18,21H,16-17H2,1-9H3,(H,24,25)/b19-15+/t18-,21+,28-/m1/s1. The molecule has 0 radical (unpaired) electrons. The Balaban J connectivity index is 3.07. The lowest BCUT2D eigenvalue weighted by molar-refractivity contribution is -0.137. The summed E-state index contributed by atoms with van der Waals surface area (Å²) in [5, 5.41) is 11.3. The number of benzene rings is 1. The van der Waals surface area contributed by atoms with Gasteiger partial charge in [0.15, 0.2) is 0 Å². The van der Waals surface area contributed by atoms with Crippen molar-refractivity contribution in [3.05, 3.63) is 47.2 Å². The van der Waals surface area contributed by atoms with Gasteiger partial charge in [-0.1, -0.05) is 95.5 Å². The minimum Gasteiger partial charge on any atom is -0.481 e. The number of carbonyl (C=O) groups is 1. The van der Waals surface area contributed by atoms with Crippen molar-refractivity contribution in [1.29, 1.82) is 0 Å². The van der Waals surface area contributed by atoms with E-state index in [4.69, 9.17) is 4.74 Å². The van der Waals surface area contributed by atoms with Gasteiger partial charge in [-0.2, -0.15) is 0 Å². The summed E-state index contributed by atoms with van der Waals surface area (Å²) in [5.41, 5.74) is 0.915. The third-order valence-corrected chi connectivity index (χ3v) is 14.9. The van der Waals surface area contributed by atoms with E-state index in [1.54, 1.807) is 0 Å². The van der Waals surface area contributed by atoms with Crippen LogP contribution in [0, 0.1) is 5.92 Å². The van der Waals surface area contributed by atoms with Gasteiger partial charge < -0.3 is 9.84 Å². The van der Waals surface area contributed by atoms with Crippen LogP contribution in [0.5, 0.6) is 0 Å². The van der Waals surface area contributed by atoms with E-state index >= 15 is 0 Å². The summed E-state index contributed by atoms with van der Waals surface area (Å²) in [7, 11) is -3.76. The number of carboxylic acid groups (broad SMARTS) is 1. The van der Waals surface area contributed by atoms with Gasteiger partial charge in [-0.05, 0) is 23.4 Å². The van der Waals surface area contributed by atoms with Crippen molar-refractivity contribution in [3.63, 3.8) is 0 Å². The van der Waals surface area contributed by atoms with Crippen LogP contribution in [0.1, 0.15) is 40.2 Å². The molecule has 0 fully saturated rings. The molecule has 0 aliphatic carbocycles. The Kier molecular flexibility index (Phi) is 8.48. The van der Waals surface area contributed by atoms with E-state index in [9.17, 15) is 9.90 Å². The molecular weight excluding hydrogens is 380 g/mol. The molecule has 5 heteroatoms. The molecule has 0 saturated carbocycles. The molecule has 3 nitrogen and oxygen atoms in total. The molecule has 0 spiro atoms. The van der Waals surface area contributed by atoms with Crippen molar-refractivity contribution >= 4 is 22.1 Å². The summed E-state index contributed by atoms with van der Waals surface area (Å²) in [5.74, 6) is -0.623. The normalized spacial score (nSPS) is 17.7. The maximum atomic E-state index is 11.9. The Labute approximate surface area is 174 Å². The summed E-state index contributed by atoms with van der Waals surface area (Å²) in [6.07, 6.45) is 2.99. The second-order valence-corrected chi connectivity index (χ2v) is 21.0. The Hall–Kier alpha value is -1.18. The van der Waals surface area contributed by atoms with Gasteiger partial charge in [0.05, 0.1) is 20.2 Å². The fourth-order valence-electron chi connectivity index (χ4n) is 3.93. The molecule has 0 aromatic heterocycles. The smallest absolute Gasteiger partial charge is 0.304 e. The second kappa shape index (κ2) is 9.55. The fourth-order valence-corrected chi connectivity index (χ4v) is 9.33. The van der Waals surface area contributed by atoms with Crippen LogP contribution in [0.2, 0.25) is 36.8 Å². The Morgan fingerprint density at radius 2 is 1.68 bits per heavy atom. The molecule has 1 aromatic carbocycles. The van der Waals surface area contributed by atoms with E-state index in [-0.39, 0.29) is 16.5 Å². The van der Waals surface area contributed by atoms with Crippen molar-refractivity contribution < 1.29 is 14.6 Å². The van der Waals surface area contributed by atoms with Gasteiger partial charge in [0, 0.05) is 6.23 Å². The number of allylic oxidation sites excluding steroid dienone is 2. The van der Waals surface area contributed by atoms with E-state index in [1.165, 1.54) is 10.8 Å². The summed E-state index contributed by atoms with van der Waals surface area (Å²) in [4.78, 5) is 11.9. The van der Waals surface area contributed by atoms with Crippen molar-refractivity contribution in [2.45, 2.75) is 78.0 Å². The first-order chi connectivity index (χ1) is 12.7. The number of carboxylic acids is 1. The minimum atomic E-state index is -1.95. The van der Waals surface area contributed by atoms with E-state index in [1.807, 2.05) is 18.2 Å². The van der Waals surface area contributed by atoms with Gasteiger partial charge in [-0.3, -0.25) is 4.79 Å². The number of hydrogen-bond donors (Lipinski definition) is 1. The van der Waals surface area contributed by atoms with Crippen molar-refractivity contribution in [1.82, 2.24) is 0 Å². The van der Waals surface area contributed by atoms with Crippen LogP contribution in [0.15, 0.2) is 41.6 Å². The summed E-state index contributed by atoms with van der Waals surface area (Å²) in [6.45, 7) is 20.6. The molecule has 28 heavy (non-hydrogen) atoms. The molecule has 0 unspecified atom stereocenters. The molecule has 1 N–H and O–H groups in total. The van der Waals surface area contributed by atoms with Gasteiger partial charge in [-0.25, -0.2) is 0 Å². The SMILES string of the molecule is C/C(=C\[C@@H](C)[C@@H](C(=O)O)[Si](C)(C)C)[Si@@](C)(COCc1ccccc1)C(C)(C)C. The number of hydrogen-bond acceptors (Lipinski definition) is 2. The number of aliphatic carboxylic acids is 1. The highest BCUT2D eigenvalue weighted by atomic mass is 28.3. The van der Waals surface area contributed by atoms with Crippen LogP contribution in [0.4, 0.5) is 0 Å². The lowest BCUT2D eigenvalue weighted by Crippen LogP contribution is -2.48. The van der Waals surface area contributed by atoms with Crippen LogP contribution < -0.4 is 0 Å². The Morgan fingerprint density at radius 3 is 2.11 bits per heavy atom. The van der Waals surface area contributed by atoms with Crippen LogP contribution in [0.3, 0.4) is 0 Å².